The minimum atomic E-state index is -0.684. The Morgan fingerprint density at radius 2 is 1.90 bits per heavy atom. The number of hydrogen-bond donors (Lipinski definition) is 1. The minimum absolute atomic E-state index is 0.515. The van der Waals surface area contributed by atoms with Crippen LogP contribution in [0.5, 0.6) is 5.75 Å². The zero-order chi connectivity index (χ0) is 15.0. The number of carboxylic acid groups (broad SMARTS) is 1. The van der Waals surface area contributed by atoms with Gasteiger partial charge in [-0.05, 0) is 54.7 Å². The number of aliphatic carboxylic acids is 1. The van der Waals surface area contributed by atoms with Crippen LogP contribution >= 0.6 is 0 Å². The normalized spacial score (nSPS) is 27.1. The predicted molar refractivity (Wildman–Crippen MR) is 81.9 cm³/mol. The summed E-state index contributed by atoms with van der Waals surface area (Å²) in [5.41, 5.74) is 1.56. The van der Waals surface area contributed by atoms with Gasteiger partial charge in [-0.3, -0.25) is 4.79 Å². The first kappa shape index (κ1) is 14.4. The molecule has 0 unspecified atom stereocenters. The highest BCUT2D eigenvalue weighted by molar-refractivity contribution is 5.85. The van der Waals surface area contributed by atoms with Crippen molar-refractivity contribution >= 4 is 5.97 Å². The molecule has 0 radical (unpaired) electrons. The third-order valence-electron chi connectivity index (χ3n) is 5.40. The first-order chi connectivity index (χ1) is 10.1. The fourth-order valence-corrected chi connectivity index (χ4v) is 3.67. The summed E-state index contributed by atoms with van der Waals surface area (Å²) in [5, 5.41) is 9.49. The van der Waals surface area contributed by atoms with Crippen molar-refractivity contribution in [3.8, 4) is 5.75 Å². The van der Waals surface area contributed by atoms with E-state index in [1.807, 2.05) is 12.1 Å². The van der Waals surface area contributed by atoms with Crippen molar-refractivity contribution in [3.05, 3.63) is 29.3 Å². The van der Waals surface area contributed by atoms with E-state index in [1.54, 1.807) is 7.11 Å². The molecule has 0 aromatic heterocycles. The molecule has 21 heavy (non-hydrogen) atoms. The van der Waals surface area contributed by atoms with E-state index in [0.29, 0.717) is 5.92 Å². The molecule has 2 aliphatic carbocycles. The summed E-state index contributed by atoms with van der Waals surface area (Å²) in [5.74, 6) is 1.56. The molecule has 3 heteroatoms. The van der Waals surface area contributed by atoms with Gasteiger partial charge in [0.2, 0.25) is 0 Å². The van der Waals surface area contributed by atoms with E-state index >= 15 is 0 Å². The van der Waals surface area contributed by atoms with Crippen molar-refractivity contribution in [2.75, 3.05) is 7.11 Å². The van der Waals surface area contributed by atoms with Gasteiger partial charge in [-0.15, -0.1) is 0 Å². The Kier molecular flexibility index (Phi) is 3.68. The number of ether oxygens (including phenoxy) is 1. The maximum absolute atomic E-state index is 11.5. The molecule has 2 aliphatic rings. The van der Waals surface area contributed by atoms with Crippen LogP contribution in [0.1, 0.15) is 62.5 Å². The topological polar surface area (TPSA) is 46.5 Å². The van der Waals surface area contributed by atoms with E-state index < -0.39 is 11.4 Å². The minimum Gasteiger partial charge on any atom is -0.496 e. The fourth-order valence-electron chi connectivity index (χ4n) is 3.67. The van der Waals surface area contributed by atoms with Crippen molar-refractivity contribution in [2.45, 2.75) is 56.8 Å². The number of methoxy groups -OCH3 is 1. The van der Waals surface area contributed by atoms with Crippen LogP contribution in [-0.4, -0.2) is 18.2 Å². The molecule has 0 saturated heterocycles. The van der Waals surface area contributed by atoms with Gasteiger partial charge in [0.1, 0.15) is 5.75 Å². The van der Waals surface area contributed by atoms with Crippen LogP contribution in [0.4, 0.5) is 0 Å². The van der Waals surface area contributed by atoms with Crippen LogP contribution in [0.25, 0.3) is 0 Å². The molecule has 3 rings (SSSR count). The first-order valence-corrected chi connectivity index (χ1v) is 7.98. The summed E-state index contributed by atoms with van der Waals surface area (Å²) in [6.45, 7) is 2.31. The number of rotatable bonds is 4. The van der Waals surface area contributed by atoms with E-state index in [0.717, 1.165) is 30.1 Å². The van der Waals surface area contributed by atoms with Crippen molar-refractivity contribution in [1.29, 1.82) is 0 Å². The Morgan fingerprint density at radius 1 is 1.24 bits per heavy atom. The Morgan fingerprint density at radius 3 is 2.43 bits per heavy atom. The summed E-state index contributed by atoms with van der Waals surface area (Å²) in [6, 6.07) is 6.02. The average molecular weight is 288 g/mol. The molecule has 2 fully saturated rings. The Hall–Kier alpha value is -1.51. The lowest BCUT2D eigenvalue weighted by atomic mass is 9.78. The molecule has 3 nitrogen and oxygen atoms in total. The monoisotopic (exact) mass is 288 g/mol. The molecule has 1 aromatic rings. The molecule has 0 bridgehead atoms. The second kappa shape index (κ2) is 5.36. The van der Waals surface area contributed by atoms with Gasteiger partial charge < -0.3 is 9.84 Å². The predicted octanol–water partition coefficient (Wildman–Crippen LogP) is 4.11. The first-order valence-electron chi connectivity index (χ1n) is 7.98. The van der Waals surface area contributed by atoms with E-state index in [9.17, 15) is 9.90 Å². The number of benzene rings is 1. The summed E-state index contributed by atoms with van der Waals surface area (Å²) in [4.78, 5) is 11.5. The van der Waals surface area contributed by atoms with Crippen LogP contribution in [0.3, 0.4) is 0 Å². The van der Waals surface area contributed by atoms with E-state index in [-0.39, 0.29) is 0 Å². The number of carboxylic acids is 1. The molecule has 1 N–H and O–H groups in total. The molecule has 1 aromatic carbocycles. The number of carbonyl (C=O) groups is 1. The van der Waals surface area contributed by atoms with Gasteiger partial charge in [-0.25, -0.2) is 0 Å². The van der Waals surface area contributed by atoms with Gasteiger partial charge >= 0.3 is 5.97 Å². The number of hydrogen-bond acceptors (Lipinski definition) is 2. The van der Waals surface area contributed by atoms with Gasteiger partial charge in [0, 0.05) is 0 Å². The second-order valence-corrected chi connectivity index (χ2v) is 6.80. The van der Waals surface area contributed by atoms with Gasteiger partial charge in [0.25, 0.3) is 0 Å². The van der Waals surface area contributed by atoms with Crippen LogP contribution < -0.4 is 4.74 Å². The quantitative estimate of drug-likeness (QED) is 0.907. The van der Waals surface area contributed by atoms with Crippen molar-refractivity contribution in [1.82, 2.24) is 0 Å². The van der Waals surface area contributed by atoms with Crippen LogP contribution in [0, 0.1) is 5.92 Å². The molecule has 114 valence electrons. The van der Waals surface area contributed by atoms with Crippen LogP contribution in [-0.2, 0) is 10.2 Å². The largest absolute Gasteiger partial charge is 0.496 e. The molecular weight excluding hydrogens is 264 g/mol. The molecule has 0 heterocycles. The zero-order valence-corrected chi connectivity index (χ0v) is 12.9. The summed E-state index contributed by atoms with van der Waals surface area (Å²) in [7, 11) is 1.70. The summed E-state index contributed by atoms with van der Waals surface area (Å²) in [6.07, 6.45) is 6.39. The highest BCUT2D eigenvalue weighted by Gasteiger charge is 2.52. The Bertz CT molecular complexity index is 537. The lowest BCUT2D eigenvalue weighted by Crippen LogP contribution is -2.20. The smallest absolute Gasteiger partial charge is 0.314 e. The van der Waals surface area contributed by atoms with Crippen molar-refractivity contribution in [3.63, 3.8) is 0 Å². The lowest BCUT2D eigenvalue weighted by Gasteiger charge is -2.28. The molecule has 0 atom stereocenters. The Balaban J connectivity index is 1.93. The van der Waals surface area contributed by atoms with E-state index in [4.69, 9.17) is 4.74 Å². The lowest BCUT2D eigenvalue weighted by molar-refractivity contribution is -0.140. The fraction of sp³-hybridized carbons (Fsp3) is 0.611. The highest BCUT2D eigenvalue weighted by atomic mass is 16.5. The molecular formula is C18H24O3. The molecule has 0 aliphatic heterocycles. The Labute approximate surface area is 126 Å². The molecule has 0 amide bonds. The van der Waals surface area contributed by atoms with Gasteiger partial charge in [0.05, 0.1) is 12.5 Å². The maximum atomic E-state index is 11.5. The standard InChI is InChI=1S/C18H24O3/c1-12-3-5-13(6-4-12)15-11-14(7-8-16(15)21-2)18(9-10-18)17(19)20/h7-8,11-13H,3-6,9-10H2,1-2H3,(H,19,20). The average Bonchev–Trinajstić information content (AvgIpc) is 3.29. The maximum Gasteiger partial charge on any atom is 0.314 e. The van der Waals surface area contributed by atoms with Crippen molar-refractivity contribution < 1.29 is 14.6 Å². The van der Waals surface area contributed by atoms with Gasteiger partial charge in [-0.2, -0.15) is 0 Å². The summed E-state index contributed by atoms with van der Waals surface area (Å²) < 4.78 is 5.53. The van der Waals surface area contributed by atoms with Gasteiger partial charge in [-0.1, -0.05) is 31.9 Å². The second-order valence-electron chi connectivity index (χ2n) is 6.80. The summed E-state index contributed by atoms with van der Waals surface area (Å²) >= 11 is 0. The van der Waals surface area contributed by atoms with Crippen LogP contribution in [0.15, 0.2) is 18.2 Å². The third-order valence-corrected chi connectivity index (χ3v) is 5.40. The SMILES string of the molecule is COc1ccc(C2(C(=O)O)CC2)cc1C1CCC(C)CC1. The molecule has 0 spiro atoms. The third kappa shape index (κ3) is 2.54. The van der Waals surface area contributed by atoms with Crippen molar-refractivity contribution in [2.24, 2.45) is 5.92 Å². The van der Waals surface area contributed by atoms with Crippen LogP contribution in [0.2, 0.25) is 0 Å². The molecule has 2 saturated carbocycles. The zero-order valence-electron chi connectivity index (χ0n) is 12.9. The van der Waals surface area contributed by atoms with E-state index in [2.05, 4.69) is 13.0 Å². The highest BCUT2D eigenvalue weighted by Crippen LogP contribution is 2.50. The van der Waals surface area contributed by atoms with Gasteiger partial charge in [0.15, 0.2) is 0 Å². The van der Waals surface area contributed by atoms with E-state index in [1.165, 1.54) is 31.2 Å².